The molecule has 1 rings (SSSR count). The van der Waals surface area contributed by atoms with Crippen molar-refractivity contribution in [3.63, 3.8) is 0 Å². The largest absolute Gasteiger partial charge is 0.312 e. The van der Waals surface area contributed by atoms with Crippen LogP contribution in [0.4, 0.5) is 0 Å². The van der Waals surface area contributed by atoms with Crippen LogP contribution in [0, 0.1) is 13.8 Å². The van der Waals surface area contributed by atoms with Crippen molar-refractivity contribution in [1.82, 2.24) is 10.2 Å². The molecule has 0 fully saturated rings. The van der Waals surface area contributed by atoms with Crippen LogP contribution in [0.2, 0.25) is 0 Å². The van der Waals surface area contributed by atoms with Gasteiger partial charge in [-0.15, -0.1) is 0 Å². The van der Waals surface area contributed by atoms with Crippen molar-refractivity contribution in [1.29, 1.82) is 0 Å². The molecule has 1 unspecified atom stereocenters. The Balaban J connectivity index is 2.75. The van der Waals surface area contributed by atoms with Gasteiger partial charge in [0.1, 0.15) is 0 Å². The number of hydrogen-bond acceptors (Lipinski definition) is 2. The molecular formula is C15H26N2. The maximum absolute atomic E-state index is 3.41. The molecule has 1 aromatic carbocycles. The summed E-state index contributed by atoms with van der Waals surface area (Å²) in [5, 5.41) is 3.41. The van der Waals surface area contributed by atoms with Gasteiger partial charge in [0, 0.05) is 12.6 Å². The Bertz CT molecular complexity index is 347. The molecule has 1 N–H and O–H groups in total. The average Bonchev–Trinajstić information content (AvgIpc) is 2.30. The lowest BCUT2D eigenvalue weighted by Gasteiger charge is -2.24. The van der Waals surface area contributed by atoms with Crippen molar-refractivity contribution in [3.8, 4) is 0 Å². The van der Waals surface area contributed by atoms with Crippen LogP contribution in [0.1, 0.15) is 36.1 Å². The Hall–Kier alpha value is -0.860. The second-order valence-electron chi connectivity index (χ2n) is 4.95. The first kappa shape index (κ1) is 14.2. The zero-order valence-electron chi connectivity index (χ0n) is 11.9. The van der Waals surface area contributed by atoms with Crippen LogP contribution in [0.25, 0.3) is 0 Å². The van der Waals surface area contributed by atoms with Gasteiger partial charge in [-0.25, -0.2) is 0 Å². The highest BCUT2D eigenvalue weighted by Crippen LogP contribution is 2.17. The second-order valence-corrected chi connectivity index (χ2v) is 4.95. The van der Waals surface area contributed by atoms with Gasteiger partial charge in [-0.05, 0) is 57.6 Å². The third-order valence-electron chi connectivity index (χ3n) is 3.38. The van der Waals surface area contributed by atoms with Crippen LogP contribution in [0.3, 0.4) is 0 Å². The van der Waals surface area contributed by atoms with E-state index < -0.39 is 0 Å². The van der Waals surface area contributed by atoms with Gasteiger partial charge in [0.2, 0.25) is 0 Å². The summed E-state index contributed by atoms with van der Waals surface area (Å²) in [4.78, 5) is 2.39. The predicted molar refractivity (Wildman–Crippen MR) is 75.5 cm³/mol. The first-order valence-electron chi connectivity index (χ1n) is 6.51. The number of benzene rings is 1. The van der Waals surface area contributed by atoms with E-state index in [0.29, 0.717) is 6.04 Å². The monoisotopic (exact) mass is 234 g/mol. The van der Waals surface area contributed by atoms with E-state index in [2.05, 4.69) is 56.2 Å². The van der Waals surface area contributed by atoms with Gasteiger partial charge in [0.15, 0.2) is 0 Å². The number of nitrogens with one attached hydrogen (secondary N) is 1. The summed E-state index contributed by atoms with van der Waals surface area (Å²) in [6.45, 7) is 8.79. The zero-order valence-corrected chi connectivity index (χ0v) is 11.9. The molecule has 96 valence electrons. The Morgan fingerprint density at radius 1 is 1.24 bits per heavy atom. The van der Waals surface area contributed by atoms with Crippen molar-refractivity contribution in [2.24, 2.45) is 0 Å². The molecule has 0 aliphatic carbocycles. The predicted octanol–water partition coefficient (Wildman–Crippen LogP) is 2.91. The normalized spacial score (nSPS) is 13.1. The Morgan fingerprint density at radius 3 is 2.47 bits per heavy atom. The molecular weight excluding hydrogens is 208 g/mol. The minimum Gasteiger partial charge on any atom is -0.312 e. The summed E-state index contributed by atoms with van der Waals surface area (Å²) in [6.07, 6.45) is 1.21. The molecule has 0 heterocycles. The van der Waals surface area contributed by atoms with Crippen LogP contribution < -0.4 is 5.32 Å². The Labute approximate surface area is 106 Å². The van der Waals surface area contributed by atoms with E-state index in [1.54, 1.807) is 0 Å². The molecule has 0 aromatic heterocycles. The molecule has 2 nitrogen and oxygen atoms in total. The summed E-state index contributed by atoms with van der Waals surface area (Å²) in [5.74, 6) is 0. The van der Waals surface area contributed by atoms with Gasteiger partial charge >= 0.3 is 0 Å². The molecule has 0 aliphatic heterocycles. The first-order chi connectivity index (χ1) is 8.08. The maximum Gasteiger partial charge on any atom is 0.0446 e. The number of nitrogens with zero attached hydrogens (tertiary/aromatic N) is 1. The van der Waals surface area contributed by atoms with Gasteiger partial charge in [0.05, 0.1) is 0 Å². The van der Waals surface area contributed by atoms with Crippen LogP contribution in [0.5, 0.6) is 0 Å². The quantitative estimate of drug-likeness (QED) is 0.814. The highest BCUT2D eigenvalue weighted by Gasteiger charge is 2.12. The van der Waals surface area contributed by atoms with E-state index in [4.69, 9.17) is 0 Å². The first-order valence-corrected chi connectivity index (χ1v) is 6.51. The number of hydrogen-bond donors (Lipinski definition) is 1. The lowest BCUT2D eigenvalue weighted by Crippen LogP contribution is -2.31. The third kappa shape index (κ3) is 4.14. The van der Waals surface area contributed by atoms with E-state index in [0.717, 1.165) is 13.1 Å². The summed E-state index contributed by atoms with van der Waals surface area (Å²) in [7, 11) is 4.23. The Kier molecular flexibility index (Phi) is 5.66. The van der Waals surface area contributed by atoms with Gasteiger partial charge in [-0.3, -0.25) is 0 Å². The highest BCUT2D eigenvalue weighted by atomic mass is 15.1. The van der Waals surface area contributed by atoms with E-state index >= 15 is 0 Å². The van der Waals surface area contributed by atoms with Gasteiger partial charge in [-0.2, -0.15) is 0 Å². The van der Waals surface area contributed by atoms with E-state index in [9.17, 15) is 0 Å². The maximum atomic E-state index is 3.41. The summed E-state index contributed by atoms with van der Waals surface area (Å²) in [5.41, 5.74) is 4.13. The number of aryl methyl sites for hydroxylation is 2. The van der Waals surface area contributed by atoms with Gasteiger partial charge in [0.25, 0.3) is 0 Å². The number of likely N-dealkylation sites (N-methyl/N-ethyl adjacent to an activating group) is 2. The summed E-state index contributed by atoms with van der Waals surface area (Å²) >= 11 is 0. The number of rotatable bonds is 6. The van der Waals surface area contributed by atoms with Crippen molar-refractivity contribution in [2.45, 2.75) is 33.2 Å². The fourth-order valence-corrected chi connectivity index (χ4v) is 2.13. The fourth-order valence-electron chi connectivity index (χ4n) is 2.13. The SMILES string of the molecule is CCCN(C)CC(NC)c1ccc(C)c(C)c1. The van der Waals surface area contributed by atoms with Crippen molar-refractivity contribution in [3.05, 3.63) is 34.9 Å². The van der Waals surface area contributed by atoms with Crippen molar-refractivity contribution < 1.29 is 0 Å². The lowest BCUT2D eigenvalue weighted by atomic mass is 10.0. The summed E-state index contributed by atoms with van der Waals surface area (Å²) < 4.78 is 0. The molecule has 0 spiro atoms. The molecule has 0 saturated heterocycles. The van der Waals surface area contributed by atoms with E-state index in [1.165, 1.54) is 23.1 Å². The van der Waals surface area contributed by atoms with Crippen molar-refractivity contribution >= 4 is 0 Å². The molecule has 0 saturated carbocycles. The molecule has 17 heavy (non-hydrogen) atoms. The van der Waals surface area contributed by atoms with Crippen LogP contribution in [0.15, 0.2) is 18.2 Å². The molecule has 0 aliphatic rings. The minimum atomic E-state index is 0.422. The second kappa shape index (κ2) is 6.77. The standard InChI is InChI=1S/C15H26N2/c1-6-9-17(5)11-15(16-4)14-8-7-12(2)13(3)10-14/h7-8,10,15-16H,6,9,11H2,1-5H3. The lowest BCUT2D eigenvalue weighted by molar-refractivity contribution is 0.297. The fraction of sp³-hybridized carbons (Fsp3) is 0.600. The van der Waals surface area contributed by atoms with Gasteiger partial charge < -0.3 is 10.2 Å². The molecule has 0 amide bonds. The van der Waals surface area contributed by atoms with Crippen LogP contribution in [-0.4, -0.2) is 32.1 Å². The smallest absolute Gasteiger partial charge is 0.0446 e. The molecule has 2 heteroatoms. The van der Waals surface area contributed by atoms with Crippen molar-refractivity contribution in [2.75, 3.05) is 27.2 Å². The van der Waals surface area contributed by atoms with E-state index in [-0.39, 0.29) is 0 Å². The topological polar surface area (TPSA) is 15.3 Å². The van der Waals surface area contributed by atoms with Crippen LogP contribution >= 0.6 is 0 Å². The molecule has 0 radical (unpaired) electrons. The van der Waals surface area contributed by atoms with Gasteiger partial charge in [-0.1, -0.05) is 25.1 Å². The minimum absolute atomic E-state index is 0.422. The average molecular weight is 234 g/mol. The summed E-state index contributed by atoms with van der Waals surface area (Å²) in [6, 6.07) is 7.18. The molecule has 1 aromatic rings. The third-order valence-corrected chi connectivity index (χ3v) is 3.38. The molecule has 0 bridgehead atoms. The molecule has 1 atom stereocenters. The van der Waals surface area contributed by atoms with Crippen LogP contribution in [-0.2, 0) is 0 Å². The Morgan fingerprint density at radius 2 is 1.94 bits per heavy atom. The zero-order chi connectivity index (χ0) is 12.8. The highest BCUT2D eigenvalue weighted by molar-refractivity contribution is 5.31. The van der Waals surface area contributed by atoms with E-state index in [1.807, 2.05) is 7.05 Å².